The summed E-state index contributed by atoms with van der Waals surface area (Å²) < 4.78 is 0. The van der Waals surface area contributed by atoms with Crippen LogP contribution in [0.25, 0.3) is 0 Å². The van der Waals surface area contributed by atoms with Gasteiger partial charge in [0.1, 0.15) is 0 Å². The monoisotopic (exact) mass is 305 g/mol. The lowest BCUT2D eigenvalue weighted by atomic mass is 10.2. The van der Waals surface area contributed by atoms with Crippen molar-refractivity contribution < 1.29 is 24.3 Å². The number of carbonyl (C=O) groups is 4. The number of hydrazine groups is 1. The van der Waals surface area contributed by atoms with E-state index in [9.17, 15) is 19.2 Å². The third-order valence-electron chi connectivity index (χ3n) is 2.34. The molecule has 1 aromatic rings. The molecule has 0 saturated heterocycles. The molecule has 4 N–H and O–H groups in total. The zero-order valence-electron chi connectivity index (χ0n) is 11.5. The molecule has 0 bridgehead atoms. The quantitative estimate of drug-likeness (QED) is 0.441. The molecule has 0 aliphatic heterocycles. The van der Waals surface area contributed by atoms with Crippen molar-refractivity contribution in [3.63, 3.8) is 0 Å². The summed E-state index contributed by atoms with van der Waals surface area (Å²) in [5.74, 6) is -2.97. The van der Waals surface area contributed by atoms with Gasteiger partial charge in [-0.25, -0.2) is 4.79 Å². The minimum absolute atomic E-state index is 0.0540. The number of benzene rings is 1. The minimum Gasteiger partial charge on any atom is -0.478 e. The first-order valence-electron chi connectivity index (χ1n) is 6.32. The van der Waals surface area contributed by atoms with Gasteiger partial charge in [0.25, 0.3) is 5.91 Å². The second-order valence-electron chi connectivity index (χ2n) is 4.12. The Morgan fingerprint density at radius 3 is 2.18 bits per heavy atom. The van der Waals surface area contributed by atoms with Crippen LogP contribution >= 0.6 is 0 Å². The molecule has 116 valence electrons. The van der Waals surface area contributed by atoms with Gasteiger partial charge >= 0.3 is 5.97 Å². The van der Waals surface area contributed by atoms with Crippen molar-refractivity contribution in [3.05, 3.63) is 42.5 Å². The third-order valence-corrected chi connectivity index (χ3v) is 2.34. The van der Waals surface area contributed by atoms with E-state index < -0.39 is 17.8 Å². The predicted molar refractivity (Wildman–Crippen MR) is 77.4 cm³/mol. The van der Waals surface area contributed by atoms with E-state index in [0.29, 0.717) is 11.8 Å². The molecule has 0 aromatic heterocycles. The normalized spacial score (nSPS) is 10.0. The largest absolute Gasteiger partial charge is 0.478 e. The molecule has 0 spiro atoms. The van der Waals surface area contributed by atoms with Crippen LogP contribution in [0.4, 0.5) is 5.69 Å². The minimum atomic E-state index is -1.28. The summed E-state index contributed by atoms with van der Waals surface area (Å²) in [6.45, 7) is 0. The van der Waals surface area contributed by atoms with Crippen LogP contribution in [0.5, 0.6) is 0 Å². The summed E-state index contributed by atoms with van der Waals surface area (Å²) in [6, 6.07) is 8.77. The molecule has 1 aromatic carbocycles. The molecular weight excluding hydrogens is 290 g/mol. The zero-order chi connectivity index (χ0) is 16.4. The number of carboxylic acid groups (broad SMARTS) is 1. The Bertz CT molecular complexity index is 583. The number of nitrogens with one attached hydrogen (secondary N) is 3. The Balaban J connectivity index is 2.24. The Morgan fingerprint density at radius 1 is 0.909 bits per heavy atom. The fourth-order valence-electron chi connectivity index (χ4n) is 1.35. The molecule has 0 fully saturated rings. The van der Waals surface area contributed by atoms with Crippen molar-refractivity contribution in [1.82, 2.24) is 10.9 Å². The van der Waals surface area contributed by atoms with Crippen molar-refractivity contribution >= 4 is 29.4 Å². The molecule has 0 heterocycles. The standard InChI is InChI=1S/C14H15N3O5/c18-11(15-10-4-2-1-3-5-10)6-7-12(19)16-17-13(20)8-9-14(21)22/h1-5,8-9H,6-7H2,(H,15,18)(H,16,19)(H,17,20)(H,21,22)/b9-8-. The van der Waals surface area contributed by atoms with Gasteiger partial charge in [0.15, 0.2) is 0 Å². The van der Waals surface area contributed by atoms with Crippen LogP contribution in [0.1, 0.15) is 12.8 Å². The van der Waals surface area contributed by atoms with E-state index in [4.69, 9.17) is 5.11 Å². The first-order chi connectivity index (χ1) is 10.5. The Labute approximate surface area is 126 Å². The van der Waals surface area contributed by atoms with E-state index in [-0.39, 0.29) is 18.7 Å². The summed E-state index contributed by atoms with van der Waals surface area (Å²) in [6.07, 6.45) is 1.21. The number of rotatable bonds is 6. The average molecular weight is 305 g/mol. The smallest absolute Gasteiger partial charge is 0.328 e. The first-order valence-corrected chi connectivity index (χ1v) is 6.32. The van der Waals surface area contributed by atoms with Gasteiger partial charge in [-0.1, -0.05) is 18.2 Å². The maximum absolute atomic E-state index is 11.6. The molecule has 0 saturated carbocycles. The number of carbonyl (C=O) groups excluding carboxylic acids is 3. The maximum atomic E-state index is 11.6. The van der Waals surface area contributed by atoms with Gasteiger partial charge < -0.3 is 10.4 Å². The van der Waals surface area contributed by atoms with Crippen molar-refractivity contribution in [1.29, 1.82) is 0 Å². The summed E-state index contributed by atoms with van der Waals surface area (Å²) >= 11 is 0. The lowest BCUT2D eigenvalue weighted by Gasteiger charge is -2.06. The van der Waals surface area contributed by atoms with Gasteiger partial charge in [0.2, 0.25) is 11.8 Å². The van der Waals surface area contributed by atoms with Gasteiger partial charge in [-0.2, -0.15) is 0 Å². The number of hydrogen-bond donors (Lipinski definition) is 4. The van der Waals surface area contributed by atoms with Crippen molar-refractivity contribution in [2.45, 2.75) is 12.8 Å². The number of hydrogen-bond acceptors (Lipinski definition) is 4. The van der Waals surface area contributed by atoms with Crippen LogP contribution in [0.3, 0.4) is 0 Å². The van der Waals surface area contributed by atoms with Crippen molar-refractivity contribution in [2.75, 3.05) is 5.32 Å². The van der Waals surface area contributed by atoms with Crippen LogP contribution in [0.2, 0.25) is 0 Å². The topological polar surface area (TPSA) is 125 Å². The lowest BCUT2D eigenvalue weighted by molar-refractivity contribution is -0.131. The number of aliphatic carboxylic acids is 1. The molecule has 0 unspecified atom stereocenters. The van der Waals surface area contributed by atoms with Crippen LogP contribution in [0, 0.1) is 0 Å². The van der Waals surface area contributed by atoms with Gasteiger partial charge in [-0.15, -0.1) is 0 Å². The average Bonchev–Trinajstić information content (AvgIpc) is 2.49. The highest BCUT2D eigenvalue weighted by molar-refractivity contribution is 5.96. The molecule has 0 aliphatic rings. The van der Waals surface area contributed by atoms with E-state index in [0.717, 1.165) is 6.08 Å². The fraction of sp³-hybridized carbons (Fsp3) is 0.143. The molecule has 1 rings (SSSR count). The molecule has 3 amide bonds. The first kappa shape index (κ1) is 16.9. The predicted octanol–water partition coefficient (Wildman–Crippen LogP) is 0.193. The third kappa shape index (κ3) is 7.43. The Morgan fingerprint density at radius 2 is 1.55 bits per heavy atom. The summed E-state index contributed by atoms with van der Waals surface area (Å²) in [4.78, 5) is 44.2. The Kier molecular flexibility index (Phi) is 6.84. The van der Waals surface area contributed by atoms with Crippen LogP contribution in [-0.4, -0.2) is 28.8 Å². The molecule has 8 heteroatoms. The highest BCUT2D eigenvalue weighted by Gasteiger charge is 2.07. The zero-order valence-corrected chi connectivity index (χ0v) is 11.5. The van der Waals surface area contributed by atoms with E-state index in [1.165, 1.54) is 0 Å². The number of amides is 3. The van der Waals surface area contributed by atoms with E-state index in [1.807, 2.05) is 11.5 Å². The van der Waals surface area contributed by atoms with Crippen molar-refractivity contribution in [3.8, 4) is 0 Å². The summed E-state index contributed by atoms with van der Waals surface area (Å²) in [5, 5.41) is 10.9. The van der Waals surface area contributed by atoms with Crippen LogP contribution in [0.15, 0.2) is 42.5 Å². The lowest BCUT2D eigenvalue weighted by Crippen LogP contribution is -2.41. The molecular formula is C14H15N3O5. The summed E-state index contributed by atoms with van der Waals surface area (Å²) in [5.41, 5.74) is 4.68. The molecule has 8 nitrogen and oxygen atoms in total. The van der Waals surface area contributed by atoms with Crippen molar-refractivity contribution in [2.24, 2.45) is 0 Å². The maximum Gasteiger partial charge on any atom is 0.328 e. The highest BCUT2D eigenvalue weighted by Crippen LogP contribution is 2.05. The van der Waals surface area contributed by atoms with Crippen LogP contribution in [-0.2, 0) is 19.2 Å². The van der Waals surface area contributed by atoms with Gasteiger partial charge in [-0.3, -0.25) is 25.2 Å². The van der Waals surface area contributed by atoms with Gasteiger partial charge in [0.05, 0.1) is 0 Å². The number of anilines is 1. The molecule has 0 radical (unpaired) electrons. The number of para-hydroxylation sites is 1. The molecule has 22 heavy (non-hydrogen) atoms. The van der Waals surface area contributed by atoms with Gasteiger partial charge in [-0.05, 0) is 12.1 Å². The van der Waals surface area contributed by atoms with E-state index in [1.54, 1.807) is 24.3 Å². The molecule has 0 aliphatic carbocycles. The van der Waals surface area contributed by atoms with Crippen LogP contribution < -0.4 is 16.2 Å². The highest BCUT2D eigenvalue weighted by atomic mass is 16.4. The van der Waals surface area contributed by atoms with Gasteiger partial charge in [0, 0.05) is 30.7 Å². The fourth-order valence-corrected chi connectivity index (χ4v) is 1.35. The van der Waals surface area contributed by atoms with E-state index >= 15 is 0 Å². The second kappa shape index (κ2) is 8.90. The Hall–Kier alpha value is -3.16. The SMILES string of the molecule is O=C(O)/C=C\C(=O)NNC(=O)CCC(=O)Nc1ccccc1. The molecule has 0 atom stereocenters. The second-order valence-corrected chi connectivity index (χ2v) is 4.12. The number of carboxylic acids is 1. The summed E-state index contributed by atoms with van der Waals surface area (Å²) in [7, 11) is 0. The van der Waals surface area contributed by atoms with E-state index in [2.05, 4.69) is 10.7 Å².